The third-order valence-electron chi connectivity index (χ3n) is 4.38. The molecule has 4 heteroatoms. The molecular formula is C20H22O4. The summed E-state index contributed by atoms with van der Waals surface area (Å²) >= 11 is 0. The summed E-state index contributed by atoms with van der Waals surface area (Å²) in [5.41, 5.74) is 5.91. The standard InChI is InChI=1S/C20H22O4/c1-11-7-15(9-21)17(13(3)19(11)23-5)18-14(4)20(24-6)12(2)8-16(18)10-22/h7-10H,1-6H3. The van der Waals surface area contributed by atoms with Crippen molar-refractivity contribution in [2.75, 3.05) is 14.2 Å². The van der Waals surface area contributed by atoms with Crippen molar-refractivity contribution in [1.82, 2.24) is 0 Å². The van der Waals surface area contributed by atoms with Gasteiger partial charge in [-0.1, -0.05) is 0 Å². The summed E-state index contributed by atoms with van der Waals surface area (Å²) in [6.45, 7) is 7.58. The van der Waals surface area contributed by atoms with E-state index in [1.807, 2.05) is 27.7 Å². The van der Waals surface area contributed by atoms with Crippen LogP contribution >= 0.6 is 0 Å². The number of hydrogen-bond acceptors (Lipinski definition) is 4. The Bertz CT molecular complexity index is 750. The van der Waals surface area contributed by atoms with Gasteiger partial charge in [-0.05, 0) is 73.2 Å². The second-order valence-electron chi connectivity index (χ2n) is 5.87. The van der Waals surface area contributed by atoms with Crippen LogP contribution in [0.15, 0.2) is 12.1 Å². The van der Waals surface area contributed by atoms with E-state index in [9.17, 15) is 9.59 Å². The van der Waals surface area contributed by atoms with E-state index in [1.54, 1.807) is 26.4 Å². The van der Waals surface area contributed by atoms with Gasteiger partial charge in [0, 0.05) is 11.1 Å². The van der Waals surface area contributed by atoms with Gasteiger partial charge in [0.1, 0.15) is 11.5 Å². The smallest absolute Gasteiger partial charge is 0.150 e. The fourth-order valence-electron chi connectivity index (χ4n) is 3.47. The lowest BCUT2D eigenvalue weighted by Gasteiger charge is -2.21. The molecule has 0 saturated heterocycles. The normalized spacial score (nSPS) is 10.4. The lowest BCUT2D eigenvalue weighted by Crippen LogP contribution is -2.04. The average molecular weight is 326 g/mol. The molecule has 2 aromatic rings. The van der Waals surface area contributed by atoms with Crippen LogP contribution in [0.5, 0.6) is 11.5 Å². The van der Waals surface area contributed by atoms with Crippen LogP contribution in [-0.4, -0.2) is 26.8 Å². The maximum Gasteiger partial charge on any atom is 0.150 e. The van der Waals surface area contributed by atoms with Crippen LogP contribution in [0.2, 0.25) is 0 Å². The highest BCUT2D eigenvalue weighted by Crippen LogP contribution is 2.41. The summed E-state index contributed by atoms with van der Waals surface area (Å²) in [4.78, 5) is 23.4. The third kappa shape index (κ3) is 2.68. The van der Waals surface area contributed by atoms with E-state index in [0.717, 1.165) is 34.8 Å². The van der Waals surface area contributed by atoms with E-state index in [4.69, 9.17) is 9.47 Å². The predicted octanol–water partition coefficient (Wildman–Crippen LogP) is 4.23. The minimum absolute atomic E-state index is 0.530. The van der Waals surface area contributed by atoms with Crippen molar-refractivity contribution >= 4 is 12.6 Å². The molecule has 0 heterocycles. The molecule has 4 nitrogen and oxygen atoms in total. The Hall–Kier alpha value is -2.62. The van der Waals surface area contributed by atoms with Crippen molar-refractivity contribution in [3.05, 3.63) is 45.5 Å². The topological polar surface area (TPSA) is 52.6 Å². The van der Waals surface area contributed by atoms with Gasteiger partial charge >= 0.3 is 0 Å². The first-order valence-corrected chi connectivity index (χ1v) is 7.68. The number of carbonyl (C=O) groups is 2. The van der Waals surface area contributed by atoms with E-state index < -0.39 is 0 Å². The second-order valence-corrected chi connectivity index (χ2v) is 5.87. The van der Waals surface area contributed by atoms with Gasteiger partial charge in [-0.3, -0.25) is 9.59 Å². The summed E-state index contributed by atoms with van der Waals surface area (Å²) in [6, 6.07) is 3.57. The summed E-state index contributed by atoms with van der Waals surface area (Å²) in [7, 11) is 3.20. The number of rotatable bonds is 5. The van der Waals surface area contributed by atoms with Crippen molar-refractivity contribution < 1.29 is 19.1 Å². The van der Waals surface area contributed by atoms with Gasteiger partial charge < -0.3 is 9.47 Å². The van der Waals surface area contributed by atoms with Gasteiger partial charge in [-0.15, -0.1) is 0 Å². The molecule has 0 spiro atoms. The molecule has 24 heavy (non-hydrogen) atoms. The second kappa shape index (κ2) is 6.87. The molecule has 0 radical (unpaired) electrons. The Balaban J connectivity index is 3.01. The minimum atomic E-state index is 0.530. The number of aryl methyl sites for hydroxylation is 2. The number of carbonyl (C=O) groups excluding carboxylic acids is 2. The largest absolute Gasteiger partial charge is 0.496 e. The molecule has 0 unspecified atom stereocenters. The Morgan fingerprint density at radius 3 is 1.29 bits per heavy atom. The SMILES string of the molecule is COc1c(C)cc(C=O)c(-c2c(C=O)cc(C)c(OC)c2C)c1C. The molecule has 0 atom stereocenters. The van der Waals surface area contributed by atoms with Crippen LogP contribution in [0.25, 0.3) is 11.1 Å². The monoisotopic (exact) mass is 326 g/mol. The van der Waals surface area contributed by atoms with Crippen LogP contribution in [0.3, 0.4) is 0 Å². The van der Waals surface area contributed by atoms with Crippen LogP contribution < -0.4 is 9.47 Å². The molecule has 0 aromatic heterocycles. The summed E-state index contributed by atoms with van der Waals surface area (Å²) < 4.78 is 11.0. The van der Waals surface area contributed by atoms with Crippen LogP contribution in [0.4, 0.5) is 0 Å². The molecular weight excluding hydrogens is 304 g/mol. The van der Waals surface area contributed by atoms with Crippen molar-refractivity contribution in [2.24, 2.45) is 0 Å². The van der Waals surface area contributed by atoms with Crippen molar-refractivity contribution in [2.45, 2.75) is 27.7 Å². The number of aldehydes is 2. The van der Waals surface area contributed by atoms with Crippen molar-refractivity contribution in [1.29, 1.82) is 0 Å². The Morgan fingerprint density at radius 2 is 1.04 bits per heavy atom. The summed E-state index contributed by atoms with van der Waals surface area (Å²) in [6.07, 6.45) is 1.63. The molecule has 2 rings (SSSR count). The molecule has 0 aliphatic heterocycles. The van der Waals surface area contributed by atoms with Crippen molar-refractivity contribution in [3.8, 4) is 22.6 Å². The maximum atomic E-state index is 11.7. The van der Waals surface area contributed by atoms with Gasteiger partial charge in [0.05, 0.1) is 14.2 Å². The minimum Gasteiger partial charge on any atom is -0.496 e. The van der Waals surface area contributed by atoms with E-state index in [-0.39, 0.29) is 0 Å². The zero-order chi connectivity index (χ0) is 18.0. The Morgan fingerprint density at radius 1 is 0.708 bits per heavy atom. The van der Waals surface area contributed by atoms with Crippen LogP contribution in [0, 0.1) is 27.7 Å². The Labute approximate surface area is 142 Å². The summed E-state index contributed by atoms with van der Waals surface area (Å²) in [5, 5.41) is 0. The zero-order valence-corrected chi connectivity index (χ0v) is 14.9. The highest BCUT2D eigenvalue weighted by Gasteiger charge is 2.22. The fourth-order valence-corrected chi connectivity index (χ4v) is 3.47. The van der Waals surface area contributed by atoms with Gasteiger partial charge in [0.15, 0.2) is 12.6 Å². The van der Waals surface area contributed by atoms with E-state index in [2.05, 4.69) is 0 Å². The highest BCUT2D eigenvalue weighted by molar-refractivity contribution is 5.98. The van der Waals surface area contributed by atoms with E-state index in [0.29, 0.717) is 33.8 Å². The molecule has 0 bridgehead atoms. The molecule has 0 aliphatic carbocycles. The molecule has 0 fully saturated rings. The lowest BCUT2D eigenvalue weighted by atomic mass is 9.86. The maximum absolute atomic E-state index is 11.7. The quantitative estimate of drug-likeness (QED) is 0.772. The Kier molecular flexibility index (Phi) is 5.07. The highest BCUT2D eigenvalue weighted by atomic mass is 16.5. The molecule has 0 saturated carbocycles. The van der Waals surface area contributed by atoms with E-state index in [1.165, 1.54) is 0 Å². The van der Waals surface area contributed by atoms with Gasteiger partial charge in [0.25, 0.3) is 0 Å². The van der Waals surface area contributed by atoms with E-state index >= 15 is 0 Å². The number of ether oxygens (including phenoxy) is 2. The number of benzene rings is 2. The molecule has 0 amide bonds. The van der Waals surface area contributed by atoms with Crippen LogP contribution in [-0.2, 0) is 0 Å². The van der Waals surface area contributed by atoms with Crippen molar-refractivity contribution in [3.63, 3.8) is 0 Å². The first-order chi connectivity index (χ1) is 11.4. The average Bonchev–Trinajstić information content (AvgIpc) is 2.55. The van der Waals surface area contributed by atoms with Gasteiger partial charge in [0.2, 0.25) is 0 Å². The number of hydrogen-bond donors (Lipinski definition) is 0. The fraction of sp³-hybridized carbons (Fsp3) is 0.300. The molecule has 0 N–H and O–H groups in total. The molecule has 0 aliphatic rings. The summed E-state index contributed by atoms with van der Waals surface area (Å²) in [5.74, 6) is 1.43. The lowest BCUT2D eigenvalue weighted by molar-refractivity contribution is 0.111. The predicted molar refractivity (Wildman–Crippen MR) is 94.7 cm³/mol. The van der Waals surface area contributed by atoms with Crippen LogP contribution in [0.1, 0.15) is 43.0 Å². The third-order valence-corrected chi connectivity index (χ3v) is 4.38. The van der Waals surface area contributed by atoms with Gasteiger partial charge in [-0.25, -0.2) is 0 Å². The number of methoxy groups -OCH3 is 2. The first-order valence-electron chi connectivity index (χ1n) is 7.68. The first kappa shape index (κ1) is 17.7. The zero-order valence-electron chi connectivity index (χ0n) is 14.9. The van der Waals surface area contributed by atoms with Gasteiger partial charge in [-0.2, -0.15) is 0 Å². The molecule has 126 valence electrons. The molecule has 2 aromatic carbocycles.